The normalized spacial score (nSPS) is 16.3. The monoisotopic (exact) mass is 658 g/mol. The van der Waals surface area contributed by atoms with Crippen molar-refractivity contribution in [2.75, 3.05) is 28.4 Å². The Morgan fingerprint density at radius 2 is 0.978 bits per heavy atom. The van der Waals surface area contributed by atoms with Gasteiger partial charge in [-0.05, 0) is 58.7 Å². The van der Waals surface area contributed by atoms with Gasteiger partial charge in [0.15, 0.2) is 22.2 Å². The van der Waals surface area contributed by atoms with E-state index in [1.165, 1.54) is 23.5 Å². The molecular formula is C36H38N2O6S2. The average Bonchev–Trinajstić information content (AvgIpc) is 3.10. The van der Waals surface area contributed by atoms with Crippen LogP contribution in [-0.2, 0) is 34.2 Å². The van der Waals surface area contributed by atoms with Crippen LogP contribution in [0.25, 0.3) is 0 Å². The molecule has 5 rings (SSSR count). The summed E-state index contributed by atoms with van der Waals surface area (Å²) in [6.07, 6.45) is 0. The molecule has 0 aromatic heterocycles. The molecule has 0 spiro atoms. The fourth-order valence-corrected chi connectivity index (χ4v) is 7.53. The van der Waals surface area contributed by atoms with Crippen LogP contribution in [0.5, 0.6) is 23.0 Å². The molecule has 0 aliphatic carbocycles. The highest BCUT2D eigenvalue weighted by molar-refractivity contribution is 8.00. The van der Waals surface area contributed by atoms with Gasteiger partial charge in [0.1, 0.15) is 11.5 Å². The Morgan fingerprint density at radius 3 is 1.43 bits per heavy atom. The molecule has 46 heavy (non-hydrogen) atoms. The van der Waals surface area contributed by atoms with E-state index >= 15 is 0 Å². The third kappa shape index (κ3) is 7.92. The molecule has 0 saturated carbocycles. The van der Waals surface area contributed by atoms with Crippen molar-refractivity contribution in [2.45, 2.75) is 35.3 Å². The number of methoxy groups -OCH3 is 4. The zero-order valence-electron chi connectivity index (χ0n) is 26.4. The molecule has 4 aromatic rings. The standard InChI is InChI=1S/C36H38N2O6S2/c1-41-29-15-10-26(11-16-29)23-45-35-34(40)38(22-28-14-19-31(43-3)32(20-28)44-4)36(46-24-27-12-17-30(42-2)18-13-27)33(39)37(35)21-25-8-6-5-7-9-25/h5-20,35-36H,21-24H2,1-4H3. The lowest BCUT2D eigenvalue weighted by atomic mass is 10.1. The van der Waals surface area contributed by atoms with Crippen LogP contribution in [0.4, 0.5) is 0 Å². The molecule has 240 valence electrons. The maximum atomic E-state index is 14.6. The molecule has 1 aliphatic heterocycles. The van der Waals surface area contributed by atoms with E-state index in [0.717, 1.165) is 33.8 Å². The van der Waals surface area contributed by atoms with Crippen LogP contribution in [0.15, 0.2) is 97.1 Å². The first kappa shape index (κ1) is 33.1. The molecule has 1 heterocycles. The van der Waals surface area contributed by atoms with E-state index in [2.05, 4.69) is 0 Å². The molecule has 2 amide bonds. The number of benzene rings is 4. The molecule has 10 heteroatoms. The second-order valence-electron chi connectivity index (χ2n) is 10.6. The van der Waals surface area contributed by atoms with E-state index in [1.54, 1.807) is 38.2 Å². The average molecular weight is 659 g/mol. The van der Waals surface area contributed by atoms with E-state index in [-0.39, 0.29) is 18.4 Å². The number of nitrogens with zero attached hydrogens (tertiary/aromatic N) is 2. The van der Waals surface area contributed by atoms with Gasteiger partial charge in [-0.3, -0.25) is 9.59 Å². The predicted molar refractivity (Wildman–Crippen MR) is 183 cm³/mol. The van der Waals surface area contributed by atoms with Gasteiger partial charge in [0.25, 0.3) is 11.8 Å². The predicted octanol–water partition coefficient (Wildman–Crippen LogP) is 6.61. The largest absolute Gasteiger partial charge is 0.497 e. The van der Waals surface area contributed by atoms with E-state index in [1.807, 2.05) is 97.1 Å². The van der Waals surface area contributed by atoms with Gasteiger partial charge < -0.3 is 28.7 Å². The number of carbonyl (C=O) groups excluding carboxylic acids is 2. The van der Waals surface area contributed by atoms with Gasteiger partial charge in [0.2, 0.25) is 0 Å². The smallest absolute Gasteiger partial charge is 0.257 e. The van der Waals surface area contributed by atoms with Crippen LogP contribution in [0.2, 0.25) is 0 Å². The summed E-state index contributed by atoms with van der Waals surface area (Å²) in [6, 6.07) is 30.9. The number of amides is 2. The minimum absolute atomic E-state index is 0.102. The highest BCUT2D eigenvalue weighted by Crippen LogP contribution is 2.37. The molecule has 2 atom stereocenters. The Kier molecular flexibility index (Phi) is 11.4. The highest BCUT2D eigenvalue weighted by Gasteiger charge is 2.46. The summed E-state index contributed by atoms with van der Waals surface area (Å²) >= 11 is 2.91. The lowest BCUT2D eigenvalue weighted by Crippen LogP contribution is -2.62. The molecule has 0 radical (unpaired) electrons. The quantitative estimate of drug-likeness (QED) is 0.150. The van der Waals surface area contributed by atoms with Crippen molar-refractivity contribution < 1.29 is 28.5 Å². The van der Waals surface area contributed by atoms with Crippen molar-refractivity contribution in [3.8, 4) is 23.0 Å². The van der Waals surface area contributed by atoms with Crippen LogP contribution in [-0.4, -0.2) is 60.8 Å². The number of carbonyl (C=O) groups is 2. The molecule has 0 bridgehead atoms. The molecule has 2 unspecified atom stereocenters. The van der Waals surface area contributed by atoms with Gasteiger partial charge in [-0.1, -0.05) is 60.7 Å². The summed E-state index contributed by atoms with van der Waals surface area (Å²) < 4.78 is 21.6. The molecule has 4 aromatic carbocycles. The molecule has 1 fully saturated rings. The van der Waals surface area contributed by atoms with Crippen molar-refractivity contribution in [1.82, 2.24) is 9.80 Å². The number of piperazine rings is 1. The Hall–Kier alpha value is -4.28. The number of hydrogen-bond acceptors (Lipinski definition) is 8. The molecule has 1 saturated heterocycles. The second-order valence-corrected chi connectivity index (χ2v) is 12.8. The first-order valence-corrected chi connectivity index (χ1v) is 16.9. The van der Waals surface area contributed by atoms with Crippen molar-refractivity contribution in [2.24, 2.45) is 0 Å². The Balaban J connectivity index is 1.48. The van der Waals surface area contributed by atoms with E-state index in [0.29, 0.717) is 29.5 Å². The Morgan fingerprint density at radius 1 is 0.522 bits per heavy atom. The maximum absolute atomic E-state index is 14.6. The zero-order chi connectivity index (χ0) is 32.5. The van der Waals surface area contributed by atoms with Gasteiger partial charge in [0.05, 0.1) is 28.4 Å². The van der Waals surface area contributed by atoms with Crippen LogP contribution in [0, 0.1) is 0 Å². The van der Waals surface area contributed by atoms with E-state index in [9.17, 15) is 9.59 Å². The van der Waals surface area contributed by atoms with E-state index in [4.69, 9.17) is 18.9 Å². The number of hydrogen-bond donors (Lipinski definition) is 0. The SMILES string of the molecule is COc1ccc(CSC2C(=O)N(Cc3ccc(OC)c(OC)c3)C(SCc3ccc(OC)cc3)C(=O)N2Cc2ccccc2)cc1. The molecule has 1 aliphatic rings. The van der Waals surface area contributed by atoms with Crippen molar-refractivity contribution >= 4 is 35.3 Å². The fourth-order valence-electron chi connectivity index (χ4n) is 5.18. The lowest BCUT2D eigenvalue weighted by Gasteiger charge is -2.44. The van der Waals surface area contributed by atoms with Gasteiger partial charge in [-0.15, -0.1) is 23.5 Å². The maximum Gasteiger partial charge on any atom is 0.257 e. The third-order valence-electron chi connectivity index (χ3n) is 7.69. The zero-order valence-corrected chi connectivity index (χ0v) is 28.0. The van der Waals surface area contributed by atoms with Crippen molar-refractivity contribution in [3.63, 3.8) is 0 Å². The van der Waals surface area contributed by atoms with Crippen LogP contribution in [0.3, 0.4) is 0 Å². The molecular weight excluding hydrogens is 621 g/mol. The second kappa shape index (κ2) is 15.8. The number of thioether (sulfide) groups is 2. The minimum atomic E-state index is -0.732. The summed E-state index contributed by atoms with van der Waals surface area (Å²) in [5, 5.41) is -1.45. The molecule has 0 N–H and O–H groups in total. The Bertz CT molecular complexity index is 1600. The van der Waals surface area contributed by atoms with Gasteiger partial charge in [-0.2, -0.15) is 0 Å². The van der Waals surface area contributed by atoms with Gasteiger partial charge in [-0.25, -0.2) is 0 Å². The first-order valence-electron chi connectivity index (χ1n) is 14.8. The van der Waals surface area contributed by atoms with Crippen LogP contribution < -0.4 is 18.9 Å². The fraction of sp³-hybridized carbons (Fsp3) is 0.278. The highest BCUT2D eigenvalue weighted by atomic mass is 32.2. The summed E-state index contributed by atoms with van der Waals surface area (Å²) in [4.78, 5) is 32.6. The van der Waals surface area contributed by atoms with Gasteiger partial charge >= 0.3 is 0 Å². The summed E-state index contributed by atoms with van der Waals surface area (Å²) in [5.41, 5.74) is 3.87. The van der Waals surface area contributed by atoms with Crippen molar-refractivity contribution in [3.05, 3.63) is 119 Å². The van der Waals surface area contributed by atoms with Crippen LogP contribution in [0.1, 0.15) is 22.3 Å². The molecule has 8 nitrogen and oxygen atoms in total. The minimum Gasteiger partial charge on any atom is -0.497 e. The van der Waals surface area contributed by atoms with Crippen LogP contribution >= 0.6 is 23.5 Å². The number of rotatable bonds is 14. The van der Waals surface area contributed by atoms with Gasteiger partial charge in [0, 0.05) is 24.6 Å². The summed E-state index contributed by atoms with van der Waals surface area (Å²) in [7, 11) is 6.43. The number of ether oxygens (including phenoxy) is 4. The summed E-state index contributed by atoms with van der Waals surface area (Å²) in [5.74, 6) is 3.56. The van der Waals surface area contributed by atoms with E-state index < -0.39 is 10.7 Å². The third-order valence-corrected chi connectivity index (χ3v) is 10.2. The first-order chi connectivity index (χ1) is 22.4. The van der Waals surface area contributed by atoms with Crippen molar-refractivity contribution in [1.29, 1.82) is 0 Å². The summed E-state index contributed by atoms with van der Waals surface area (Å²) in [6.45, 7) is 0.569. The lowest BCUT2D eigenvalue weighted by molar-refractivity contribution is -0.154. The topological polar surface area (TPSA) is 77.5 Å². The Labute approximate surface area is 279 Å².